The van der Waals surface area contributed by atoms with Gasteiger partial charge in [-0.1, -0.05) is 43.5 Å². The number of carbonyl (C=O) groups excluding carboxylic acids is 2. The van der Waals surface area contributed by atoms with Crippen LogP contribution < -0.4 is 5.32 Å². The molecule has 0 radical (unpaired) electrons. The van der Waals surface area contributed by atoms with Crippen molar-refractivity contribution < 1.29 is 14.0 Å². The zero-order chi connectivity index (χ0) is 22.2. The van der Waals surface area contributed by atoms with E-state index in [9.17, 15) is 14.0 Å². The predicted molar refractivity (Wildman–Crippen MR) is 120 cm³/mol. The van der Waals surface area contributed by atoms with Crippen molar-refractivity contribution in [2.45, 2.75) is 51.2 Å². The first-order chi connectivity index (χ1) is 15.0. The van der Waals surface area contributed by atoms with Crippen LogP contribution in [-0.4, -0.2) is 48.3 Å². The van der Waals surface area contributed by atoms with Gasteiger partial charge in [-0.25, -0.2) is 4.39 Å². The molecule has 1 N–H and O–H groups in total. The summed E-state index contributed by atoms with van der Waals surface area (Å²) in [6.45, 7) is 1.45. The molecule has 1 aliphatic carbocycles. The molecule has 31 heavy (non-hydrogen) atoms. The lowest BCUT2D eigenvalue weighted by atomic mass is 9.93. The van der Waals surface area contributed by atoms with Gasteiger partial charge in [0, 0.05) is 31.7 Å². The number of halogens is 1. The summed E-state index contributed by atoms with van der Waals surface area (Å²) in [5.41, 5.74) is 2.62. The smallest absolute Gasteiger partial charge is 0.251 e. The summed E-state index contributed by atoms with van der Waals surface area (Å²) < 4.78 is 13.3. The van der Waals surface area contributed by atoms with Crippen molar-refractivity contribution in [2.24, 2.45) is 0 Å². The van der Waals surface area contributed by atoms with Crippen molar-refractivity contribution in [1.82, 2.24) is 15.1 Å². The van der Waals surface area contributed by atoms with Gasteiger partial charge < -0.3 is 10.2 Å². The lowest BCUT2D eigenvalue weighted by molar-refractivity contribution is -0.136. The Kier molecular flexibility index (Phi) is 8.18. The minimum absolute atomic E-state index is 0.0979. The van der Waals surface area contributed by atoms with Crippen molar-refractivity contribution in [2.75, 3.05) is 20.6 Å². The van der Waals surface area contributed by atoms with Crippen molar-refractivity contribution in [3.63, 3.8) is 0 Å². The maximum absolute atomic E-state index is 13.3. The number of amides is 2. The fourth-order valence-electron chi connectivity index (χ4n) is 4.20. The summed E-state index contributed by atoms with van der Waals surface area (Å²) in [7, 11) is 3.54. The average Bonchev–Trinajstić information content (AvgIpc) is 2.79. The minimum Gasteiger partial charge on any atom is -0.355 e. The third-order valence-corrected chi connectivity index (χ3v) is 5.90. The molecule has 1 saturated carbocycles. The fraction of sp³-hybridized carbons (Fsp3) is 0.440. The van der Waals surface area contributed by atoms with Crippen LogP contribution in [0.3, 0.4) is 0 Å². The molecule has 6 heteroatoms. The third-order valence-electron chi connectivity index (χ3n) is 5.90. The summed E-state index contributed by atoms with van der Waals surface area (Å²) in [5.74, 6) is -0.277. The molecular weight excluding hydrogens is 393 g/mol. The SMILES string of the molecule is CNC(=O)c1ccc(CN(C)CC(=O)N(Cc2ccc(F)cc2)C2CCCCC2)cc1. The maximum atomic E-state index is 13.3. The number of rotatable bonds is 8. The van der Waals surface area contributed by atoms with Gasteiger partial charge in [-0.3, -0.25) is 14.5 Å². The summed E-state index contributed by atoms with van der Waals surface area (Å²) >= 11 is 0. The predicted octanol–water partition coefficient (Wildman–Crippen LogP) is 3.98. The number of likely N-dealkylation sites (N-methyl/N-ethyl adjacent to an activating group) is 1. The van der Waals surface area contributed by atoms with E-state index in [1.165, 1.54) is 18.6 Å². The molecule has 1 fully saturated rings. The molecule has 0 spiro atoms. The number of nitrogens with one attached hydrogen (secondary N) is 1. The zero-order valence-electron chi connectivity index (χ0n) is 18.4. The van der Waals surface area contributed by atoms with Gasteiger partial charge in [-0.05, 0) is 55.3 Å². The Balaban J connectivity index is 1.64. The normalized spacial score (nSPS) is 14.5. The molecule has 0 unspecified atom stereocenters. The highest BCUT2D eigenvalue weighted by molar-refractivity contribution is 5.93. The molecule has 0 atom stereocenters. The van der Waals surface area contributed by atoms with Crippen LogP contribution in [0.25, 0.3) is 0 Å². The third kappa shape index (κ3) is 6.62. The van der Waals surface area contributed by atoms with Crippen LogP contribution in [0.5, 0.6) is 0 Å². The van der Waals surface area contributed by atoms with Gasteiger partial charge in [0.15, 0.2) is 0 Å². The highest BCUT2D eigenvalue weighted by Crippen LogP contribution is 2.24. The van der Waals surface area contributed by atoms with E-state index in [4.69, 9.17) is 0 Å². The number of nitrogens with zero attached hydrogens (tertiary/aromatic N) is 2. The van der Waals surface area contributed by atoms with Gasteiger partial charge in [0.1, 0.15) is 5.82 Å². The Morgan fingerprint density at radius 1 is 0.935 bits per heavy atom. The maximum Gasteiger partial charge on any atom is 0.251 e. The van der Waals surface area contributed by atoms with Crippen molar-refractivity contribution in [1.29, 1.82) is 0 Å². The number of carbonyl (C=O) groups is 2. The van der Waals surface area contributed by atoms with Crippen LogP contribution in [0.15, 0.2) is 48.5 Å². The molecule has 2 aromatic carbocycles. The van der Waals surface area contributed by atoms with Gasteiger partial charge in [-0.15, -0.1) is 0 Å². The first-order valence-corrected chi connectivity index (χ1v) is 11.0. The largest absolute Gasteiger partial charge is 0.355 e. The molecule has 3 rings (SSSR count). The first kappa shape index (κ1) is 22.9. The first-order valence-electron chi connectivity index (χ1n) is 11.0. The molecule has 2 aromatic rings. The molecule has 5 nitrogen and oxygen atoms in total. The number of hydrogen-bond donors (Lipinski definition) is 1. The van der Waals surface area contributed by atoms with Gasteiger partial charge in [0.05, 0.1) is 6.54 Å². The molecule has 0 bridgehead atoms. The highest BCUT2D eigenvalue weighted by Gasteiger charge is 2.26. The second kappa shape index (κ2) is 11.0. The van der Waals surface area contributed by atoms with Crippen molar-refractivity contribution in [3.05, 3.63) is 71.0 Å². The average molecular weight is 426 g/mol. The Morgan fingerprint density at radius 2 is 1.52 bits per heavy atom. The summed E-state index contributed by atoms with van der Waals surface area (Å²) in [6.07, 6.45) is 5.56. The second-order valence-electron chi connectivity index (χ2n) is 8.39. The van der Waals surface area contributed by atoms with Gasteiger partial charge >= 0.3 is 0 Å². The van der Waals surface area contributed by atoms with E-state index in [0.29, 0.717) is 25.2 Å². The number of benzene rings is 2. The molecule has 0 heterocycles. The molecular formula is C25H32FN3O2. The topological polar surface area (TPSA) is 52.7 Å². The van der Waals surface area contributed by atoms with E-state index in [1.807, 2.05) is 29.0 Å². The standard InChI is InChI=1S/C25H32FN3O2/c1-27-25(31)21-12-8-19(9-13-21)16-28(2)18-24(30)29(23-6-4-3-5-7-23)17-20-10-14-22(26)15-11-20/h8-15,23H,3-7,16-18H2,1-2H3,(H,27,31). The second-order valence-corrected chi connectivity index (χ2v) is 8.39. The lowest BCUT2D eigenvalue weighted by Crippen LogP contribution is -2.45. The van der Waals surface area contributed by atoms with E-state index in [1.54, 1.807) is 31.3 Å². The Labute approximate surface area is 184 Å². The Morgan fingerprint density at radius 3 is 2.13 bits per heavy atom. The monoisotopic (exact) mass is 425 g/mol. The minimum atomic E-state index is -0.263. The van der Waals surface area contributed by atoms with Crippen LogP contribution in [0.4, 0.5) is 4.39 Å². The van der Waals surface area contributed by atoms with E-state index >= 15 is 0 Å². The molecule has 166 valence electrons. The Hall–Kier alpha value is -2.73. The Bertz CT molecular complexity index is 861. The number of hydrogen-bond acceptors (Lipinski definition) is 3. The van der Waals surface area contributed by atoms with E-state index in [-0.39, 0.29) is 23.7 Å². The molecule has 1 aliphatic rings. The quantitative estimate of drug-likeness (QED) is 0.696. The molecule has 0 aromatic heterocycles. The van der Waals surface area contributed by atoms with Gasteiger partial charge in [0.2, 0.25) is 5.91 Å². The summed E-state index contributed by atoms with van der Waals surface area (Å²) in [4.78, 5) is 28.9. The van der Waals surface area contributed by atoms with Crippen LogP contribution in [-0.2, 0) is 17.9 Å². The van der Waals surface area contributed by atoms with Crippen LogP contribution >= 0.6 is 0 Å². The lowest BCUT2D eigenvalue weighted by Gasteiger charge is -2.35. The van der Waals surface area contributed by atoms with Crippen molar-refractivity contribution in [3.8, 4) is 0 Å². The van der Waals surface area contributed by atoms with E-state index < -0.39 is 0 Å². The van der Waals surface area contributed by atoms with Crippen LogP contribution in [0.1, 0.15) is 53.6 Å². The summed E-state index contributed by atoms with van der Waals surface area (Å²) in [6, 6.07) is 14.1. The van der Waals surface area contributed by atoms with E-state index in [0.717, 1.165) is 36.8 Å². The fourth-order valence-corrected chi connectivity index (χ4v) is 4.20. The van der Waals surface area contributed by atoms with Gasteiger partial charge in [0.25, 0.3) is 5.91 Å². The van der Waals surface area contributed by atoms with Crippen molar-refractivity contribution >= 4 is 11.8 Å². The van der Waals surface area contributed by atoms with Gasteiger partial charge in [-0.2, -0.15) is 0 Å². The van der Waals surface area contributed by atoms with Crippen LogP contribution in [0.2, 0.25) is 0 Å². The van der Waals surface area contributed by atoms with Crippen LogP contribution in [0, 0.1) is 5.82 Å². The zero-order valence-corrected chi connectivity index (χ0v) is 18.4. The molecule has 2 amide bonds. The molecule has 0 aliphatic heterocycles. The highest BCUT2D eigenvalue weighted by atomic mass is 19.1. The summed E-state index contributed by atoms with van der Waals surface area (Å²) in [5, 5.41) is 2.61. The van der Waals surface area contributed by atoms with E-state index in [2.05, 4.69) is 5.32 Å². The molecule has 0 saturated heterocycles.